The van der Waals surface area contributed by atoms with Gasteiger partial charge in [-0.2, -0.15) is 0 Å². The monoisotopic (exact) mass is 351 g/mol. The molecule has 0 N–H and O–H groups in total. The Morgan fingerprint density at radius 3 is 2.46 bits per heavy atom. The van der Waals surface area contributed by atoms with Crippen LogP contribution >= 0.6 is 0 Å². The summed E-state index contributed by atoms with van der Waals surface area (Å²) in [6.07, 6.45) is 6.62. The second-order valence-corrected chi connectivity index (χ2v) is 6.12. The van der Waals surface area contributed by atoms with Gasteiger partial charge in [0.15, 0.2) is 5.78 Å². The van der Waals surface area contributed by atoms with Gasteiger partial charge in [0.05, 0.1) is 13.2 Å². The van der Waals surface area contributed by atoms with E-state index < -0.39 is 0 Å². The Morgan fingerprint density at radius 1 is 1.08 bits per heavy atom. The molecular weight excluding hydrogens is 329 g/mol. The number of ketones is 1. The van der Waals surface area contributed by atoms with Gasteiger partial charge >= 0.3 is 0 Å². The molecule has 0 atom stereocenters. The predicted molar refractivity (Wildman–Crippen MR) is 104 cm³/mol. The van der Waals surface area contributed by atoms with E-state index in [-0.39, 0.29) is 11.6 Å². The molecule has 0 radical (unpaired) electrons. The highest BCUT2D eigenvalue weighted by molar-refractivity contribution is 6.07. The molecule has 3 rings (SSSR count). The average molecular weight is 351 g/mol. The summed E-state index contributed by atoms with van der Waals surface area (Å²) in [6, 6.07) is 12.5. The van der Waals surface area contributed by atoms with Crippen LogP contribution in [-0.2, 0) is 4.74 Å². The van der Waals surface area contributed by atoms with Gasteiger partial charge in [-0.1, -0.05) is 24.3 Å². The molecule has 26 heavy (non-hydrogen) atoms. The molecule has 0 bridgehead atoms. The Morgan fingerprint density at radius 2 is 1.81 bits per heavy atom. The van der Waals surface area contributed by atoms with Crippen LogP contribution in [-0.4, -0.2) is 32.1 Å². The topological polar surface area (TPSA) is 29.5 Å². The number of nitrogens with zero attached hydrogens (tertiary/aromatic N) is 1. The molecule has 0 amide bonds. The average Bonchev–Trinajstić information content (AvgIpc) is 2.68. The third-order valence-electron chi connectivity index (χ3n) is 4.33. The number of hydrogen-bond donors (Lipinski definition) is 0. The molecule has 1 heterocycles. The zero-order valence-electron chi connectivity index (χ0n) is 14.8. The number of rotatable bonds is 5. The largest absolute Gasteiger partial charge is 0.378 e. The smallest absolute Gasteiger partial charge is 0.185 e. The van der Waals surface area contributed by atoms with E-state index >= 15 is 0 Å². The highest BCUT2D eigenvalue weighted by atomic mass is 19.1. The minimum absolute atomic E-state index is 0.143. The van der Waals surface area contributed by atoms with E-state index in [0.29, 0.717) is 11.1 Å². The molecule has 1 fully saturated rings. The van der Waals surface area contributed by atoms with Gasteiger partial charge in [-0.25, -0.2) is 4.39 Å². The maximum Gasteiger partial charge on any atom is 0.185 e. The fraction of sp³-hybridized carbons (Fsp3) is 0.227. The molecule has 0 saturated carbocycles. The fourth-order valence-electron chi connectivity index (χ4n) is 2.89. The molecule has 0 aliphatic carbocycles. The molecule has 1 saturated heterocycles. The SMILES string of the molecule is C/C=C/c1ccc(/C=C/C(=O)c2ccc(N3CCOCC3)cc2)c(F)c1. The van der Waals surface area contributed by atoms with E-state index in [4.69, 9.17) is 4.74 Å². The molecule has 0 unspecified atom stereocenters. The lowest BCUT2D eigenvalue weighted by Crippen LogP contribution is -2.36. The molecule has 0 aromatic heterocycles. The van der Waals surface area contributed by atoms with Crippen LogP contribution in [0.5, 0.6) is 0 Å². The first-order valence-corrected chi connectivity index (χ1v) is 8.75. The molecular formula is C22H22FNO2. The zero-order chi connectivity index (χ0) is 18.4. The van der Waals surface area contributed by atoms with Gasteiger partial charge in [0.1, 0.15) is 5.82 Å². The summed E-state index contributed by atoms with van der Waals surface area (Å²) in [5.74, 6) is -0.484. The first-order valence-electron chi connectivity index (χ1n) is 8.75. The molecule has 134 valence electrons. The normalized spacial score (nSPS) is 15.1. The van der Waals surface area contributed by atoms with Crippen LogP contribution in [0.2, 0.25) is 0 Å². The summed E-state index contributed by atoms with van der Waals surface area (Å²) in [7, 11) is 0. The van der Waals surface area contributed by atoms with Crippen molar-refractivity contribution in [2.24, 2.45) is 0 Å². The molecule has 1 aliphatic rings. The van der Waals surface area contributed by atoms with Crippen molar-refractivity contribution < 1.29 is 13.9 Å². The number of morpholine rings is 1. The summed E-state index contributed by atoms with van der Waals surface area (Å²) >= 11 is 0. The van der Waals surface area contributed by atoms with Gasteiger partial charge in [-0.3, -0.25) is 4.79 Å². The molecule has 0 spiro atoms. The molecule has 1 aliphatic heterocycles. The number of benzene rings is 2. The van der Waals surface area contributed by atoms with E-state index in [1.54, 1.807) is 6.07 Å². The minimum Gasteiger partial charge on any atom is -0.378 e. The van der Waals surface area contributed by atoms with Crippen molar-refractivity contribution in [3.63, 3.8) is 0 Å². The van der Waals surface area contributed by atoms with Crippen LogP contribution in [0.3, 0.4) is 0 Å². The predicted octanol–water partition coefficient (Wildman–Crippen LogP) is 4.59. The van der Waals surface area contributed by atoms with Crippen molar-refractivity contribution >= 4 is 23.6 Å². The van der Waals surface area contributed by atoms with E-state index in [0.717, 1.165) is 37.6 Å². The van der Waals surface area contributed by atoms with Gasteiger partial charge in [-0.05, 0) is 55.0 Å². The van der Waals surface area contributed by atoms with Crippen LogP contribution in [0.15, 0.2) is 54.6 Å². The summed E-state index contributed by atoms with van der Waals surface area (Å²) in [6.45, 7) is 5.05. The second-order valence-electron chi connectivity index (χ2n) is 6.12. The highest BCUT2D eigenvalue weighted by Gasteiger charge is 2.11. The van der Waals surface area contributed by atoms with Gasteiger partial charge in [-0.15, -0.1) is 0 Å². The van der Waals surface area contributed by atoms with Crippen molar-refractivity contribution in [1.82, 2.24) is 0 Å². The first-order chi connectivity index (χ1) is 12.7. The third kappa shape index (κ3) is 4.46. The lowest BCUT2D eigenvalue weighted by atomic mass is 10.1. The maximum absolute atomic E-state index is 14.1. The number of ether oxygens (including phenoxy) is 1. The second kappa shape index (κ2) is 8.59. The Bertz CT molecular complexity index is 819. The standard InChI is InChI=1S/C22H22FNO2/c1-2-3-17-4-5-18(21(23)16-17)8-11-22(25)19-6-9-20(10-7-19)24-12-14-26-15-13-24/h2-11,16H,12-15H2,1H3/b3-2+,11-8+. The number of carbonyl (C=O) groups is 1. The van der Waals surface area contributed by atoms with Gasteiger partial charge < -0.3 is 9.64 Å². The van der Waals surface area contributed by atoms with Crippen LogP contribution < -0.4 is 4.90 Å². The van der Waals surface area contributed by atoms with Crippen LogP contribution in [0, 0.1) is 5.82 Å². The zero-order valence-corrected chi connectivity index (χ0v) is 14.8. The summed E-state index contributed by atoms with van der Waals surface area (Å²) in [4.78, 5) is 14.6. The summed E-state index contributed by atoms with van der Waals surface area (Å²) in [5, 5.41) is 0. The van der Waals surface area contributed by atoms with E-state index in [2.05, 4.69) is 4.90 Å². The van der Waals surface area contributed by atoms with E-state index in [1.165, 1.54) is 18.2 Å². The Labute approximate surface area is 153 Å². The Kier molecular flexibility index (Phi) is 5.97. The minimum atomic E-state index is -0.340. The fourth-order valence-corrected chi connectivity index (χ4v) is 2.89. The Balaban J connectivity index is 1.68. The molecule has 3 nitrogen and oxygen atoms in total. The quantitative estimate of drug-likeness (QED) is 0.583. The van der Waals surface area contributed by atoms with Crippen molar-refractivity contribution in [2.75, 3.05) is 31.2 Å². The number of carbonyl (C=O) groups excluding carboxylic acids is 1. The van der Waals surface area contributed by atoms with Gasteiger partial charge in [0, 0.05) is 29.9 Å². The summed E-state index contributed by atoms with van der Waals surface area (Å²) < 4.78 is 19.4. The number of hydrogen-bond acceptors (Lipinski definition) is 3. The van der Waals surface area contributed by atoms with Crippen LogP contribution in [0.1, 0.15) is 28.4 Å². The number of allylic oxidation sites excluding steroid dienone is 2. The summed E-state index contributed by atoms with van der Waals surface area (Å²) in [5.41, 5.74) is 2.87. The van der Waals surface area contributed by atoms with E-state index in [9.17, 15) is 9.18 Å². The van der Waals surface area contributed by atoms with Gasteiger partial charge in [0.2, 0.25) is 0 Å². The van der Waals surface area contributed by atoms with Gasteiger partial charge in [0.25, 0.3) is 0 Å². The lowest BCUT2D eigenvalue weighted by molar-refractivity contribution is 0.104. The van der Waals surface area contributed by atoms with Crippen molar-refractivity contribution in [3.8, 4) is 0 Å². The molecule has 2 aromatic rings. The Hall–Kier alpha value is -2.72. The van der Waals surface area contributed by atoms with Crippen molar-refractivity contribution in [2.45, 2.75) is 6.92 Å². The van der Waals surface area contributed by atoms with E-state index in [1.807, 2.05) is 49.4 Å². The number of anilines is 1. The van der Waals surface area contributed by atoms with Crippen molar-refractivity contribution in [3.05, 3.63) is 77.1 Å². The van der Waals surface area contributed by atoms with Crippen LogP contribution in [0.25, 0.3) is 12.2 Å². The lowest BCUT2D eigenvalue weighted by Gasteiger charge is -2.28. The first kappa shape index (κ1) is 18.1. The maximum atomic E-state index is 14.1. The number of halogens is 1. The van der Waals surface area contributed by atoms with Crippen molar-refractivity contribution in [1.29, 1.82) is 0 Å². The van der Waals surface area contributed by atoms with Crippen LogP contribution in [0.4, 0.5) is 10.1 Å². The molecule has 4 heteroatoms. The molecule has 2 aromatic carbocycles. The highest BCUT2D eigenvalue weighted by Crippen LogP contribution is 2.18. The third-order valence-corrected chi connectivity index (χ3v) is 4.33.